The molecule has 1 rings (SSSR count). The normalized spacial score (nSPS) is 12.2. The third kappa shape index (κ3) is 4.87. The first-order valence-corrected chi connectivity index (χ1v) is 9.03. The van der Waals surface area contributed by atoms with Gasteiger partial charge in [-0.2, -0.15) is 0 Å². The van der Waals surface area contributed by atoms with Gasteiger partial charge in [0.25, 0.3) is 10.0 Å². The average molecular weight is 304 g/mol. The van der Waals surface area contributed by atoms with Crippen molar-refractivity contribution in [2.24, 2.45) is 0 Å². The molecule has 0 atom stereocenters. The number of rotatable bonds is 9. The molecule has 0 fully saturated rings. The van der Waals surface area contributed by atoms with Crippen LogP contribution in [0.25, 0.3) is 0 Å². The van der Waals surface area contributed by atoms with Crippen LogP contribution in [-0.4, -0.2) is 32.9 Å². The summed E-state index contributed by atoms with van der Waals surface area (Å²) in [5, 5.41) is 3.28. The van der Waals surface area contributed by atoms with E-state index < -0.39 is 10.0 Å². The van der Waals surface area contributed by atoms with Crippen LogP contribution in [-0.2, 0) is 16.6 Å². The zero-order chi connectivity index (χ0) is 14.3. The van der Waals surface area contributed by atoms with Crippen LogP contribution in [0.5, 0.6) is 0 Å². The summed E-state index contributed by atoms with van der Waals surface area (Å²) in [5.74, 6) is 0. The Hall–Kier alpha value is -0.430. The van der Waals surface area contributed by atoms with Crippen molar-refractivity contribution in [2.45, 2.75) is 43.9 Å². The van der Waals surface area contributed by atoms with E-state index in [0.717, 1.165) is 37.2 Å². The Morgan fingerprint density at radius 3 is 2.63 bits per heavy atom. The summed E-state index contributed by atoms with van der Waals surface area (Å²) >= 11 is 1.36. The molecule has 0 bridgehead atoms. The molecule has 19 heavy (non-hydrogen) atoms. The van der Waals surface area contributed by atoms with Gasteiger partial charge in [0, 0.05) is 25.0 Å². The number of unbranched alkanes of at least 4 members (excludes halogenated alkanes) is 1. The largest absolute Gasteiger partial charge is 0.312 e. The molecule has 1 aromatic rings. The van der Waals surface area contributed by atoms with E-state index in [9.17, 15) is 8.42 Å². The van der Waals surface area contributed by atoms with Gasteiger partial charge >= 0.3 is 0 Å². The molecule has 0 aromatic carbocycles. The number of nitrogens with zero attached hydrogens (tertiary/aromatic N) is 1. The lowest BCUT2D eigenvalue weighted by molar-refractivity contribution is 0.461. The third-order valence-corrected chi connectivity index (χ3v) is 6.26. The van der Waals surface area contributed by atoms with Crippen LogP contribution >= 0.6 is 11.3 Å². The Morgan fingerprint density at radius 2 is 2.00 bits per heavy atom. The van der Waals surface area contributed by atoms with Gasteiger partial charge in [0.15, 0.2) is 0 Å². The predicted octanol–water partition coefficient (Wildman–Crippen LogP) is 2.67. The van der Waals surface area contributed by atoms with Crippen molar-refractivity contribution in [3.05, 3.63) is 17.0 Å². The van der Waals surface area contributed by atoms with Crippen molar-refractivity contribution < 1.29 is 8.42 Å². The fraction of sp³-hybridized carbons (Fsp3) is 0.692. The molecule has 0 saturated carbocycles. The van der Waals surface area contributed by atoms with Crippen LogP contribution in [0.4, 0.5) is 0 Å². The summed E-state index contributed by atoms with van der Waals surface area (Å²) in [4.78, 5) is 1.07. The molecule has 0 aliphatic heterocycles. The Bertz CT molecular complexity index is 469. The van der Waals surface area contributed by atoms with Gasteiger partial charge in [-0.25, -0.2) is 12.7 Å². The van der Waals surface area contributed by atoms with E-state index in [2.05, 4.69) is 19.2 Å². The Labute approximate surface area is 120 Å². The van der Waals surface area contributed by atoms with Crippen molar-refractivity contribution in [1.29, 1.82) is 0 Å². The first kappa shape index (κ1) is 16.6. The molecule has 110 valence electrons. The van der Waals surface area contributed by atoms with Crippen molar-refractivity contribution in [3.63, 3.8) is 0 Å². The quantitative estimate of drug-likeness (QED) is 0.714. The first-order valence-electron chi connectivity index (χ1n) is 6.78. The van der Waals surface area contributed by atoms with Crippen LogP contribution in [0, 0.1) is 0 Å². The van der Waals surface area contributed by atoms with E-state index >= 15 is 0 Å². The van der Waals surface area contributed by atoms with E-state index in [1.807, 2.05) is 6.07 Å². The van der Waals surface area contributed by atoms with Crippen molar-refractivity contribution >= 4 is 21.4 Å². The Balaban J connectivity index is 2.68. The average Bonchev–Trinajstić information content (AvgIpc) is 2.85. The molecule has 4 nitrogen and oxygen atoms in total. The number of sulfonamides is 1. The molecule has 0 spiro atoms. The molecular formula is C13H24N2O2S2. The van der Waals surface area contributed by atoms with E-state index in [1.54, 1.807) is 13.1 Å². The topological polar surface area (TPSA) is 49.4 Å². The van der Waals surface area contributed by atoms with Crippen molar-refractivity contribution in [2.75, 3.05) is 20.1 Å². The molecule has 0 aliphatic rings. The minimum absolute atomic E-state index is 0.444. The zero-order valence-electron chi connectivity index (χ0n) is 12.0. The molecule has 1 heterocycles. The van der Waals surface area contributed by atoms with Crippen molar-refractivity contribution in [1.82, 2.24) is 9.62 Å². The van der Waals surface area contributed by atoms with Crippen LogP contribution < -0.4 is 5.32 Å². The molecule has 0 amide bonds. The first-order chi connectivity index (χ1) is 9.02. The van der Waals surface area contributed by atoms with Gasteiger partial charge in [0.1, 0.15) is 4.21 Å². The van der Waals surface area contributed by atoms with Crippen LogP contribution in [0.1, 0.15) is 38.0 Å². The summed E-state index contributed by atoms with van der Waals surface area (Å²) in [7, 11) is -1.64. The van der Waals surface area contributed by atoms with Gasteiger partial charge in [0.05, 0.1) is 0 Å². The highest BCUT2D eigenvalue weighted by molar-refractivity contribution is 7.91. The Kier molecular flexibility index (Phi) is 6.99. The van der Waals surface area contributed by atoms with E-state index in [0.29, 0.717) is 10.8 Å². The summed E-state index contributed by atoms with van der Waals surface area (Å²) < 4.78 is 26.5. The lowest BCUT2D eigenvalue weighted by Crippen LogP contribution is -2.27. The fourth-order valence-corrected chi connectivity index (χ4v) is 4.38. The monoisotopic (exact) mass is 304 g/mol. The fourth-order valence-electron chi connectivity index (χ4n) is 1.63. The summed E-state index contributed by atoms with van der Waals surface area (Å²) in [5.41, 5.74) is 0. The minimum Gasteiger partial charge on any atom is -0.312 e. The highest BCUT2D eigenvalue weighted by atomic mass is 32.2. The zero-order valence-corrected chi connectivity index (χ0v) is 13.6. The molecule has 1 aromatic heterocycles. The maximum Gasteiger partial charge on any atom is 0.252 e. The predicted molar refractivity (Wildman–Crippen MR) is 81.0 cm³/mol. The smallest absolute Gasteiger partial charge is 0.252 e. The van der Waals surface area contributed by atoms with Gasteiger partial charge in [-0.1, -0.05) is 20.3 Å². The minimum atomic E-state index is -3.30. The van der Waals surface area contributed by atoms with E-state index in [1.165, 1.54) is 15.6 Å². The molecule has 0 saturated heterocycles. The lowest BCUT2D eigenvalue weighted by Gasteiger charge is -2.15. The molecule has 1 N–H and O–H groups in total. The van der Waals surface area contributed by atoms with Crippen LogP contribution in [0.15, 0.2) is 16.3 Å². The lowest BCUT2D eigenvalue weighted by atomic mass is 10.3. The van der Waals surface area contributed by atoms with Gasteiger partial charge in [0.2, 0.25) is 0 Å². The highest BCUT2D eigenvalue weighted by Crippen LogP contribution is 2.24. The summed E-state index contributed by atoms with van der Waals surface area (Å²) in [6.45, 7) is 6.45. The number of hydrogen-bond acceptors (Lipinski definition) is 4. The van der Waals surface area contributed by atoms with Gasteiger partial charge in [-0.15, -0.1) is 11.3 Å². The second kappa shape index (κ2) is 7.99. The maximum absolute atomic E-state index is 12.3. The summed E-state index contributed by atoms with van der Waals surface area (Å²) in [6, 6.07) is 3.61. The number of nitrogens with one attached hydrogen (secondary N) is 1. The molecule has 0 aliphatic carbocycles. The number of thiophene rings is 1. The molecular weight excluding hydrogens is 280 g/mol. The second-order valence-electron chi connectivity index (χ2n) is 4.58. The standard InChI is InChI=1S/C13H24N2O2S2/c1-4-6-10-15(3)19(16,17)13-8-7-12(18-13)11-14-9-5-2/h7-8,14H,4-6,9-11H2,1-3H3. The van der Waals surface area contributed by atoms with E-state index in [4.69, 9.17) is 0 Å². The molecule has 0 radical (unpaired) electrons. The van der Waals surface area contributed by atoms with E-state index in [-0.39, 0.29) is 0 Å². The Morgan fingerprint density at radius 1 is 1.26 bits per heavy atom. The van der Waals surface area contributed by atoms with Crippen molar-refractivity contribution in [3.8, 4) is 0 Å². The van der Waals surface area contributed by atoms with Crippen LogP contribution in [0.2, 0.25) is 0 Å². The molecule has 0 unspecified atom stereocenters. The van der Waals surface area contributed by atoms with Gasteiger partial charge in [-0.05, 0) is 31.5 Å². The molecule has 6 heteroatoms. The second-order valence-corrected chi connectivity index (χ2v) is 8.02. The highest BCUT2D eigenvalue weighted by Gasteiger charge is 2.22. The van der Waals surface area contributed by atoms with Gasteiger partial charge in [-0.3, -0.25) is 0 Å². The maximum atomic E-state index is 12.3. The van der Waals surface area contributed by atoms with Crippen LogP contribution in [0.3, 0.4) is 0 Å². The third-order valence-electron chi connectivity index (χ3n) is 2.85. The SMILES string of the molecule is CCCCN(C)S(=O)(=O)c1ccc(CNCCC)s1. The number of hydrogen-bond donors (Lipinski definition) is 1. The van der Waals surface area contributed by atoms with Gasteiger partial charge < -0.3 is 5.32 Å². The summed E-state index contributed by atoms with van der Waals surface area (Å²) in [6.07, 6.45) is 2.97.